The molecule has 0 spiro atoms. The number of thiophene rings is 1. The molecule has 5 rings (SSSR count). The van der Waals surface area contributed by atoms with Gasteiger partial charge in [-0.15, -0.1) is 11.3 Å². The van der Waals surface area contributed by atoms with Crippen molar-refractivity contribution in [3.63, 3.8) is 0 Å². The zero-order valence-corrected chi connectivity index (χ0v) is 21.6. The number of methoxy groups -OCH3 is 1. The predicted octanol–water partition coefficient (Wildman–Crippen LogP) is 7.10. The Morgan fingerprint density at radius 2 is 1.91 bits per heavy atom. The fourth-order valence-corrected chi connectivity index (χ4v) is 6.76. The van der Waals surface area contributed by atoms with Crippen LogP contribution in [0.25, 0.3) is 0 Å². The Morgan fingerprint density at radius 1 is 1.11 bits per heavy atom. The number of hydrogen-bond acceptors (Lipinski definition) is 4. The zero-order chi connectivity index (χ0) is 24.7. The van der Waals surface area contributed by atoms with E-state index < -0.39 is 0 Å². The van der Waals surface area contributed by atoms with Crippen LogP contribution in [0.5, 0.6) is 11.5 Å². The van der Waals surface area contributed by atoms with Gasteiger partial charge in [0, 0.05) is 22.8 Å². The topological polar surface area (TPSA) is 47.6 Å². The van der Waals surface area contributed by atoms with Crippen LogP contribution in [0.3, 0.4) is 0 Å². The fraction of sp³-hybridized carbons (Fsp3) is 0.414. The first kappa shape index (κ1) is 23.9. The maximum absolute atomic E-state index is 14.0. The third-order valence-electron chi connectivity index (χ3n) is 7.45. The van der Waals surface area contributed by atoms with E-state index in [-0.39, 0.29) is 29.7 Å². The predicted molar refractivity (Wildman–Crippen MR) is 138 cm³/mol. The smallest absolute Gasteiger partial charge is 0.225 e. The molecule has 2 heterocycles. The van der Waals surface area contributed by atoms with E-state index >= 15 is 0 Å². The molecule has 1 aromatic heterocycles. The number of halogens is 1. The summed E-state index contributed by atoms with van der Waals surface area (Å²) in [4.78, 5) is 14.1. The Balaban J connectivity index is 1.44. The number of benzene rings is 2. The van der Waals surface area contributed by atoms with Gasteiger partial charge >= 0.3 is 0 Å². The maximum atomic E-state index is 14.0. The lowest BCUT2D eigenvalue weighted by atomic mass is 9.71. The quantitative estimate of drug-likeness (QED) is 0.412. The second-order valence-corrected chi connectivity index (χ2v) is 11.8. The largest absolute Gasteiger partial charge is 0.493 e. The molecule has 1 N–H and O–H groups in total. The first-order chi connectivity index (χ1) is 16.7. The number of anilines is 1. The normalized spacial score (nSPS) is 19.5. The summed E-state index contributed by atoms with van der Waals surface area (Å²) >= 11 is 1.76. The Hall–Kier alpha value is -2.86. The number of amides is 1. The highest BCUT2D eigenvalue weighted by atomic mass is 32.1. The van der Waals surface area contributed by atoms with Crippen molar-refractivity contribution in [3.8, 4) is 11.5 Å². The number of fused-ring (bicyclic) bond motifs is 3. The number of ether oxygens (including phenoxy) is 2. The molecular formula is C29H32FNO3S. The summed E-state index contributed by atoms with van der Waals surface area (Å²) in [6.45, 7) is 7.08. The van der Waals surface area contributed by atoms with Crippen LogP contribution in [0.1, 0.15) is 66.7 Å². The van der Waals surface area contributed by atoms with Crippen LogP contribution in [-0.2, 0) is 24.2 Å². The highest BCUT2D eigenvalue weighted by Crippen LogP contribution is 2.50. The van der Waals surface area contributed by atoms with Crippen LogP contribution in [0.2, 0.25) is 0 Å². The molecule has 0 saturated carbocycles. The lowest BCUT2D eigenvalue weighted by molar-refractivity contribution is -0.116. The van der Waals surface area contributed by atoms with Gasteiger partial charge in [-0.3, -0.25) is 4.79 Å². The van der Waals surface area contributed by atoms with E-state index in [9.17, 15) is 9.18 Å². The summed E-state index contributed by atoms with van der Waals surface area (Å²) in [5.41, 5.74) is 4.50. The number of nitrogens with one attached hydrogen (secondary N) is 1. The van der Waals surface area contributed by atoms with Crippen molar-refractivity contribution in [2.45, 2.75) is 59.0 Å². The third kappa shape index (κ3) is 4.68. The minimum absolute atomic E-state index is 0.0144. The van der Waals surface area contributed by atoms with Crippen LogP contribution in [0, 0.1) is 17.2 Å². The average molecular weight is 494 g/mol. The lowest BCUT2D eigenvalue weighted by Crippen LogP contribution is -2.27. The minimum Gasteiger partial charge on any atom is -0.493 e. The van der Waals surface area contributed by atoms with E-state index in [1.54, 1.807) is 36.6 Å². The average Bonchev–Trinajstić information content (AvgIpc) is 3.19. The van der Waals surface area contributed by atoms with Crippen molar-refractivity contribution >= 4 is 22.2 Å². The van der Waals surface area contributed by atoms with Crippen molar-refractivity contribution in [1.82, 2.24) is 0 Å². The summed E-state index contributed by atoms with van der Waals surface area (Å²) in [6.07, 6.45) is 3.71. The van der Waals surface area contributed by atoms with Crippen LogP contribution in [0.4, 0.5) is 9.39 Å². The minimum atomic E-state index is -0.292. The number of hydrogen-bond donors (Lipinski definition) is 1. The molecule has 6 heteroatoms. The van der Waals surface area contributed by atoms with Gasteiger partial charge in [0.15, 0.2) is 11.5 Å². The summed E-state index contributed by atoms with van der Waals surface area (Å²) in [6, 6.07) is 12.4. The van der Waals surface area contributed by atoms with E-state index in [4.69, 9.17) is 9.47 Å². The van der Waals surface area contributed by atoms with Crippen LogP contribution in [0.15, 0.2) is 42.5 Å². The molecule has 184 valence electrons. The SMILES string of the molecule is COc1cc([C@H]2CC(=O)Nc3sc4c(c32)CC[C@H](C(C)(C)C)C4)ccc1OCc1ccccc1F. The molecule has 3 aromatic rings. The first-order valence-electron chi connectivity index (χ1n) is 12.2. The molecule has 35 heavy (non-hydrogen) atoms. The molecule has 2 atom stereocenters. The van der Waals surface area contributed by atoms with E-state index in [1.807, 2.05) is 18.2 Å². The number of carbonyl (C=O) groups excluding carboxylic acids is 1. The molecule has 1 aliphatic carbocycles. The van der Waals surface area contributed by atoms with Crippen LogP contribution < -0.4 is 14.8 Å². The van der Waals surface area contributed by atoms with Gasteiger partial charge in [-0.25, -0.2) is 4.39 Å². The van der Waals surface area contributed by atoms with Crippen molar-refractivity contribution in [3.05, 3.63) is 75.4 Å². The van der Waals surface area contributed by atoms with Crippen molar-refractivity contribution in [2.75, 3.05) is 12.4 Å². The van der Waals surface area contributed by atoms with E-state index in [0.29, 0.717) is 29.4 Å². The van der Waals surface area contributed by atoms with Gasteiger partial charge in [0.2, 0.25) is 5.91 Å². The summed E-state index contributed by atoms with van der Waals surface area (Å²) in [7, 11) is 1.60. The zero-order valence-electron chi connectivity index (χ0n) is 20.7. The van der Waals surface area contributed by atoms with Gasteiger partial charge in [-0.05, 0) is 65.5 Å². The summed E-state index contributed by atoms with van der Waals surface area (Å²) < 4.78 is 25.6. The second kappa shape index (κ2) is 9.30. The Morgan fingerprint density at radius 3 is 2.66 bits per heavy atom. The molecule has 0 saturated heterocycles. The lowest BCUT2D eigenvalue weighted by Gasteiger charge is -2.34. The number of carbonyl (C=O) groups is 1. The molecule has 2 aliphatic rings. The number of rotatable bonds is 5. The Labute approximate surface area is 210 Å². The van der Waals surface area contributed by atoms with Gasteiger partial charge in [0.25, 0.3) is 0 Å². The van der Waals surface area contributed by atoms with Crippen LogP contribution >= 0.6 is 11.3 Å². The molecule has 0 fully saturated rings. The fourth-order valence-electron chi connectivity index (χ4n) is 5.35. The highest BCUT2D eigenvalue weighted by Gasteiger charge is 2.37. The van der Waals surface area contributed by atoms with Gasteiger partial charge in [0.1, 0.15) is 12.4 Å². The van der Waals surface area contributed by atoms with Crippen LogP contribution in [-0.4, -0.2) is 13.0 Å². The van der Waals surface area contributed by atoms with Crippen molar-refractivity contribution in [2.24, 2.45) is 11.3 Å². The van der Waals surface area contributed by atoms with Gasteiger partial charge < -0.3 is 14.8 Å². The summed E-state index contributed by atoms with van der Waals surface area (Å²) in [5, 5.41) is 4.15. The first-order valence-corrected chi connectivity index (χ1v) is 13.0. The standard InChI is InChI=1S/C29H32FNO3S/c1-29(2,3)19-10-11-20-25(14-19)35-28-27(20)21(15-26(32)31-28)17-9-12-23(24(13-17)33-4)34-16-18-7-5-6-8-22(18)30/h5-9,12-13,19,21H,10-11,14-16H2,1-4H3,(H,31,32)/t19-,21+/m0/s1. The molecule has 4 nitrogen and oxygen atoms in total. The molecule has 0 unspecified atom stereocenters. The molecule has 0 bridgehead atoms. The van der Waals surface area contributed by atoms with Gasteiger partial charge in [-0.2, -0.15) is 0 Å². The Kier molecular flexibility index (Phi) is 6.34. The van der Waals surface area contributed by atoms with Gasteiger partial charge in [-0.1, -0.05) is 45.0 Å². The Bertz CT molecular complexity index is 1260. The van der Waals surface area contributed by atoms with Crippen molar-refractivity contribution < 1.29 is 18.7 Å². The summed E-state index contributed by atoms with van der Waals surface area (Å²) in [5.74, 6) is 1.53. The van der Waals surface area contributed by atoms with E-state index in [1.165, 1.54) is 28.5 Å². The molecular weight excluding hydrogens is 461 g/mol. The molecule has 2 aromatic carbocycles. The van der Waals surface area contributed by atoms with E-state index in [2.05, 4.69) is 26.1 Å². The molecule has 1 amide bonds. The second-order valence-electron chi connectivity index (χ2n) is 10.6. The van der Waals surface area contributed by atoms with Gasteiger partial charge in [0.05, 0.1) is 12.1 Å². The maximum Gasteiger partial charge on any atom is 0.225 e. The third-order valence-corrected chi connectivity index (χ3v) is 8.64. The highest BCUT2D eigenvalue weighted by molar-refractivity contribution is 7.16. The molecule has 0 radical (unpaired) electrons. The van der Waals surface area contributed by atoms with Crippen molar-refractivity contribution in [1.29, 1.82) is 0 Å². The van der Waals surface area contributed by atoms with E-state index in [0.717, 1.165) is 23.4 Å². The monoisotopic (exact) mass is 493 g/mol. The molecule has 1 aliphatic heterocycles.